The number of fused-ring (bicyclic) bond motifs is 1. The second-order valence-corrected chi connectivity index (χ2v) is 8.13. The van der Waals surface area contributed by atoms with Crippen molar-refractivity contribution in [1.29, 1.82) is 0 Å². The fourth-order valence-electron chi connectivity index (χ4n) is 4.28. The largest absolute Gasteiger partial charge is 0.490 e. The van der Waals surface area contributed by atoms with Gasteiger partial charge in [-0.15, -0.1) is 0 Å². The highest BCUT2D eigenvalue weighted by molar-refractivity contribution is 5.79. The van der Waals surface area contributed by atoms with E-state index in [1.165, 1.54) is 6.07 Å². The van der Waals surface area contributed by atoms with Gasteiger partial charge in [0.15, 0.2) is 5.76 Å². The van der Waals surface area contributed by atoms with Gasteiger partial charge < -0.3 is 19.1 Å². The quantitative estimate of drug-likeness (QED) is 0.643. The number of carbonyl (C=O) groups is 1. The zero-order valence-corrected chi connectivity index (χ0v) is 17.4. The van der Waals surface area contributed by atoms with E-state index in [1.54, 1.807) is 17.0 Å². The van der Waals surface area contributed by atoms with E-state index in [4.69, 9.17) is 9.26 Å². The lowest BCUT2D eigenvalue weighted by molar-refractivity contribution is -0.130. The van der Waals surface area contributed by atoms with Crippen LogP contribution in [0.1, 0.15) is 18.2 Å². The maximum Gasteiger partial charge on any atom is 0.228 e. The molecule has 0 bridgehead atoms. The highest BCUT2D eigenvalue weighted by Crippen LogP contribution is 2.33. The first-order valence-electron chi connectivity index (χ1n) is 10.6. The highest BCUT2D eigenvalue weighted by atomic mass is 19.1. The number of amides is 1. The molecule has 2 aromatic carbocycles. The summed E-state index contributed by atoms with van der Waals surface area (Å²) in [5.74, 6) is 1.34. The molecule has 1 atom stereocenters. The van der Waals surface area contributed by atoms with E-state index >= 15 is 0 Å². The standard InChI is InChI=1S/C24H24FN3O3/c1-16-12-18-13-17(6-7-22(18)30-16)23-14-19(26-31-23)15-24(29)28-10-8-27(9-11-28)21-5-3-2-4-20(21)25/h2-7,13-14,16H,8-12,15H2,1H3/t16-/m0/s1. The number of ether oxygens (including phenoxy) is 1. The molecule has 7 heteroatoms. The van der Waals surface area contributed by atoms with Crippen molar-refractivity contribution in [1.82, 2.24) is 10.1 Å². The third-order valence-corrected chi connectivity index (χ3v) is 5.90. The molecular weight excluding hydrogens is 397 g/mol. The molecule has 2 aliphatic heterocycles. The number of carbonyl (C=O) groups excluding carboxylic acids is 1. The number of benzene rings is 2. The molecule has 1 aromatic heterocycles. The van der Waals surface area contributed by atoms with Gasteiger partial charge in [0.25, 0.3) is 0 Å². The van der Waals surface area contributed by atoms with Gasteiger partial charge in [-0.1, -0.05) is 17.3 Å². The molecule has 0 saturated carbocycles. The molecule has 160 valence electrons. The molecule has 1 amide bonds. The number of hydrogen-bond donors (Lipinski definition) is 0. The first-order chi connectivity index (χ1) is 15.1. The smallest absolute Gasteiger partial charge is 0.228 e. The number of rotatable bonds is 4. The minimum Gasteiger partial charge on any atom is -0.490 e. The van der Waals surface area contributed by atoms with E-state index in [-0.39, 0.29) is 24.2 Å². The predicted octanol–water partition coefficient (Wildman–Crippen LogP) is 3.70. The minimum atomic E-state index is -0.232. The second-order valence-electron chi connectivity index (χ2n) is 8.13. The highest BCUT2D eigenvalue weighted by Gasteiger charge is 2.24. The molecule has 3 aromatic rings. The summed E-state index contributed by atoms with van der Waals surface area (Å²) >= 11 is 0. The Bertz CT molecular complexity index is 1100. The van der Waals surface area contributed by atoms with E-state index in [0.29, 0.717) is 43.3 Å². The molecule has 0 aliphatic carbocycles. The van der Waals surface area contributed by atoms with Crippen molar-refractivity contribution in [3.05, 3.63) is 65.6 Å². The average Bonchev–Trinajstić information content (AvgIpc) is 3.39. The van der Waals surface area contributed by atoms with Crippen molar-refractivity contribution < 1.29 is 18.4 Å². The molecule has 6 nitrogen and oxygen atoms in total. The Kier molecular flexibility index (Phi) is 5.10. The molecule has 31 heavy (non-hydrogen) atoms. The molecule has 0 spiro atoms. The number of hydrogen-bond acceptors (Lipinski definition) is 5. The maximum atomic E-state index is 14.0. The van der Waals surface area contributed by atoms with Crippen molar-refractivity contribution in [2.45, 2.75) is 25.9 Å². The van der Waals surface area contributed by atoms with Crippen LogP contribution < -0.4 is 9.64 Å². The van der Waals surface area contributed by atoms with Gasteiger partial charge in [0.2, 0.25) is 5.91 Å². The van der Waals surface area contributed by atoms with Gasteiger partial charge in [0.1, 0.15) is 17.7 Å². The van der Waals surface area contributed by atoms with Crippen LogP contribution in [0.5, 0.6) is 5.75 Å². The van der Waals surface area contributed by atoms with Gasteiger partial charge in [0.05, 0.1) is 17.8 Å². The molecule has 5 rings (SSSR count). The fraction of sp³-hybridized carbons (Fsp3) is 0.333. The summed E-state index contributed by atoms with van der Waals surface area (Å²) in [5, 5.41) is 4.10. The van der Waals surface area contributed by atoms with Crippen molar-refractivity contribution in [2.24, 2.45) is 0 Å². The Labute approximate surface area is 180 Å². The number of nitrogens with zero attached hydrogens (tertiary/aromatic N) is 3. The summed E-state index contributed by atoms with van der Waals surface area (Å²) in [6.07, 6.45) is 1.25. The number of anilines is 1. The average molecular weight is 421 g/mol. The van der Waals surface area contributed by atoms with Crippen LogP contribution >= 0.6 is 0 Å². The van der Waals surface area contributed by atoms with Gasteiger partial charge >= 0.3 is 0 Å². The fourth-order valence-corrected chi connectivity index (χ4v) is 4.28. The van der Waals surface area contributed by atoms with Crippen LogP contribution in [-0.2, 0) is 17.6 Å². The lowest BCUT2D eigenvalue weighted by Gasteiger charge is -2.36. The van der Waals surface area contributed by atoms with Crippen LogP contribution in [-0.4, -0.2) is 48.2 Å². The van der Waals surface area contributed by atoms with Crippen molar-refractivity contribution in [2.75, 3.05) is 31.1 Å². The number of aromatic nitrogens is 1. The van der Waals surface area contributed by atoms with Crippen LogP contribution in [0.15, 0.2) is 53.1 Å². The summed E-state index contributed by atoms with van der Waals surface area (Å²) in [7, 11) is 0. The van der Waals surface area contributed by atoms with Crippen LogP contribution in [0.3, 0.4) is 0 Å². The molecule has 0 radical (unpaired) electrons. The van der Waals surface area contributed by atoms with Crippen LogP contribution in [0.4, 0.5) is 10.1 Å². The van der Waals surface area contributed by atoms with Gasteiger partial charge in [-0.05, 0) is 42.8 Å². The van der Waals surface area contributed by atoms with Gasteiger partial charge in [-0.3, -0.25) is 4.79 Å². The Balaban J connectivity index is 1.20. The van der Waals surface area contributed by atoms with Crippen LogP contribution in [0.25, 0.3) is 11.3 Å². The first kappa shape index (κ1) is 19.6. The van der Waals surface area contributed by atoms with E-state index in [0.717, 1.165) is 23.3 Å². The van der Waals surface area contributed by atoms with Gasteiger partial charge in [0, 0.05) is 44.2 Å². The van der Waals surface area contributed by atoms with Gasteiger partial charge in [-0.25, -0.2) is 4.39 Å². The Hall–Kier alpha value is -3.35. The normalized spacial score (nSPS) is 18.1. The number of halogens is 1. The van der Waals surface area contributed by atoms with Crippen molar-refractivity contribution in [3.8, 4) is 17.1 Å². The molecule has 1 fully saturated rings. The number of piperazine rings is 1. The zero-order valence-electron chi connectivity index (χ0n) is 17.4. The first-order valence-corrected chi connectivity index (χ1v) is 10.6. The minimum absolute atomic E-state index is 0.00390. The number of para-hydroxylation sites is 1. The van der Waals surface area contributed by atoms with Crippen molar-refractivity contribution in [3.63, 3.8) is 0 Å². The van der Waals surface area contributed by atoms with E-state index in [2.05, 4.69) is 11.2 Å². The second kappa shape index (κ2) is 8.06. The molecule has 0 N–H and O–H groups in total. The monoisotopic (exact) mass is 421 g/mol. The third-order valence-electron chi connectivity index (χ3n) is 5.90. The SMILES string of the molecule is C[C@H]1Cc2cc(-c3cc(CC(=O)N4CCN(c5ccccc5F)CC4)no3)ccc2O1. The van der Waals surface area contributed by atoms with Crippen LogP contribution in [0, 0.1) is 5.82 Å². The van der Waals surface area contributed by atoms with Crippen molar-refractivity contribution >= 4 is 11.6 Å². The summed E-state index contributed by atoms with van der Waals surface area (Å²) in [6.45, 7) is 4.37. The van der Waals surface area contributed by atoms with E-state index in [1.807, 2.05) is 36.1 Å². The lowest BCUT2D eigenvalue weighted by atomic mass is 10.1. The van der Waals surface area contributed by atoms with E-state index < -0.39 is 0 Å². The summed E-state index contributed by atoms with van der Waals surface area (Å²) in [6, 6.07) is 14.5. The topological polar surface area (TPSA) is 58.8 Å². The maximum absolute atomic E-state index is 14.0. The Morgan fingerprint density at radius 1 is 1.13 bits per heavy atom. The summed E-state index contributed by atoms with van der Waals surface area (Å²) < 4.78 is 25.3. The molecular formula is C24H24FN3O3. The molecule has 1 saturated heterocycles. The molecule has 0 unspecified atom stereocenters. The summed E-state index contributed by atoms with van der Waals surface area (Å²) in [4.78, 5) is 16.5. The van der Waals surface area contributed by atoms with Crippen LogP contribution in [0.2, 0.25) is 0 Å². The molecule has 2 aliphatic rings. The third kappa shape index (κ3) is 4.00. The Morgan fingerprint density at radius 3 is 2.74 bits per heavy atom. The van der Waals surface area contributed by atoms with E-state index in [9.17, 15) is 9.18 Å². The zero-order chi connectivity index (χ0) is 21.4. The van der Waals surface area contributed by atoms with Gasteiger partial charge in [-0.2, -0.15) is 0 Å². The predicted molar refractivity (Wildman–Crippen MR) is 115 cm³/mol. The summed E-state index contributed by atoms with van der Waals surface area (Å²) in [5.41, 5.74) is 3.29. The Morgan fingerprint density at radius 2 is 1.94 bits per heavy atom. The molecule has 3 heterocycles. The lowest BCUT2D eigenvalue weighted by Crippen LogP contribution is -2.49.